The van der Waals surface area contributed by atoms with Crippen molar-refractivity contribution in [3.8, 4) is 0 Å². The Morgan fingerprint density at radius 2 is 1.91 bits per heavy atom. The van der Waals surface area contributed by atoms with Gasteiger partial charge in [0.2, 0.25) is 5.91 Å². The number of aryl methyl sites for hydroxylation is 1. The molecule has 0 bridgehead atoms. The van der Waals surface area contributed by atoms with Crippen LogP contribution in [0.25, 0.3) is 0 Å². The van der Waals surface area contributed by atoms with Crippen molar-refractivity contribution in [2.24, 2.45) is 5.92 Å². The van der Waals surface area contributed by atoms with Crippen LogP contribution in [0.4, 0.5) is 18.9 Å². The van der Waals surface area contributed by atoms with Gasteiger partial charge in [-0.15, -0.1) is 11.3 Å². The second kappa shape index (κ2) is 8.51. The van der Waals surface area contributed by atoms with Crippen LogP contribution < -0.4 is 4.90 Å². The maximum Gasteiger partial charge on any atom is 0.490 e. The molecule has 1 aliphatic carbocycles. The highest BCUT2D eigenvalue weighted by molar-refractivity contribution is 7.11. The summed E-state index contributed by atoms with van der Waals surface area (Å²) in [7, 11) is 0. The number of carbonyl (C=O) groups excluding carboxylic acids is 1. The van der Waals surface area contributed by atoms with Gasteiger partial charge in [-0.3, -0.25) is 9.69 Å². The van der Waals surface area contributed by atoms with E-state index in [0.717, 1.165) is 38.5 Å². The second-order valence-electron chi connectivity index (χ2n) is 8.73. The number of alkyl halides is 3. The monoisotopic (exact) mass is 466 g/mol. The summed E-state index contributed by atoms with van der Waals surface area (Å²) in [6, 6.07) is 12.9. The maximum absolute atomic E-state index is 13.5. The molecule has 5 nitrogen and oxygen atoms in total. The molecule has 0 radical (unpaired) electrons. The number of rotatable bonds is 4. The van der Waals surface area contributed by atoms with Crippen molar-refractivity contribution in [2.45, 2.75) is 44.3 Å². The fraction of sp³-hybridized carbons (Fsp3) is 0.478. The first-order chi connectivity index (χ1) is 15.1. The van der Waals surface area contributed by atoms with Crippen molar-refractivity contribution in [3.63, 3.8) is 0 Å². The molecule has 3 aliphatic rings. The summed E-state index contributed by atoms with van der Waals surface area (Å²) in [6.45, 7) is 5.92. The molecule has 1 amide bonds. The topological polar surface area (TPSA) is 60.9 Å². The number of amides is 1. The van der Waals surface area contributed by atoms with Gasteiger partial charge in [0.25, 0.3) is 0 Å². The number of nitrogens with zero attached hydrogens (tertiary/aromatic N) is 2. The number of aliphatic carboxylic acids is 1. The predicted octanol–water partition coefficient (Wildman–Crippen LogP) is 4.59. The highest BCUT2D eigenvalue weighted by Gasteiger charge is 2.54. The Hall–Kier alpha value is -2.39. The van der Waals surface area contributed by atoms with Crippen LogP contribution in [0.1, 0.15) is 34.6 Å². The molecule has 2 fully saturated rings. The minimum Gasteiger partial charge on any atom is -0.475 e. The fourth-order valence-corrected chi connectivity index (χ4v) is 5.48. The van der Waals surface area contributed by atoms with E-state index in [9.17, 15) is 18.0 Å². The lowest BCUT2D eigenvalue weighted by Crippen LogP contribution is -2.43. The molecule has 3 heterocycles. The van der Waals surface area contributed by atoms with Gasteiger partial charge >= 0.3 is 12.1 Å². The zero-order valence-corrected chi connectivity index (χ0v) is 18.5. The summed E-state index contributed by atoms with van der Waals surface area (Å²) >= 11 is 1.87. The van der Waals surface area contributed by atoms with E-state index in [1.165, 1.54) is 33.8 Å². The molecule has 32 heavy (non-hydrogen) atoms. The van der Waals surface area contributed by atoms with Crippen molar-refractivity contribution >= 4 is 28.9 Å². The Bertz CT molecular complexity index is 1020. The van der Waals surface area contributed by atoms with E-state index in [0.29, 0.717) is 5.91 Å². The number of fused-ring (bicyclic) bond motifs is 2. The standard InChI is InChI=1S/C21H24N2OS.C2HF3O2/c1-15-6-9-17(25-15)13-22-11-10-21(14-22)18-4-2-3-5-19(18)23(20(21)24)12-16-7-8-16;3-2(4,5)1(6)7/h2-6,9,16H,7-8,10-14H2,1H3;(H,6,7). The highest BCUT2D eigenvalue weighted by Crippen LogP contribution is 2.48. The zero-order valence-electron chi connectivity index (χ0n) is 17.7. The number of hydrogen-bond acceptors (Lipinski definition) is 4. The molecule has 1 atom stereocenters. The highest BCUT2D eigenvalue weighted by atomic mass is 32.1. The number of para-hydroxylation sites is 1. The first kappa shape index (κ1) is 22.8. The number of halogens is 3. The third-order valence-corrected chi connectivity index (χ3v) is 7.25. The summed E-state index contributed by atoms with van der Waals surface area (Å²) in [6.07, 6.45) is -1.57. The van der Waals surface area contributed by atoms with Gasteiger partial charge in [-0.1, -0.05) is 18.2 Å². The Morgan fingerprint density at radius 1 is 1.22 bits per heavy atom. The van der Waals surface area contributed by atoms with Crippen molar-refractivity contribution in [1.82, 2.24) is 4.90 Å². The van der Waals surface area contributed by atoms with Crippen LogP contribution in [-0.4, -0.2) is 47.7 Å². The van der Waals surface area contributed by atoms with Crippen LogP contribution in [-0.2, 0) is 21.5 Å². The number of carboxylic acids is 1. The molecule has 172 valence electrons. The maximum atomic E-state index is 13.5. The molecule has 5 rings (SSSR count). The summed E-state index contributed by atoms with van der Waals surface area (Å²) < 4.78 is 31.7. The molecular weight excluding hydrogens is 441 g/mol. The number of benzene rings is 1. The van der Waals surface area contributed by atoms with Crippen LogP contribution in [0.15, 0.2) is 36.4 Å². The fourth-order valence-electron chi connectivity index (χ4n) is 4.55. The molecule has 1 aromatic heterocycles. The first-order valence-corrected chi connectivity index (χ1v) is 11.4. The van der Waals surface area contributed by atoms with E-state index in [2.05, 4.69) is 53.1 Å². The van der Waals surface area contributed by atoms with E-state index >= 15 is 0 Å². The van der Waals surface area contributed by atoms with E-state index < -0.39 is 12.1 Å². The molecule has 1 aromatic carbocycles. The van der Waals surface area contributed by atoms with Crippen molar-refractivity contribution in [2.75, 3.05) is 24.5 Å². The quantitative estimate of drug-likeness (QED) is 0.716. The third-order valence-electron chi connectivity index (χ3n) is 6.27. The van der Waals surface area contributed by atoms with Gasteiger partial charge in [0.1, 0.15) is 0 Å². The molecule has 1 unspecified atom stereocenters. The molecule has 2 aliphatic heterocycles. The minimum absolute atomic E-state index is 0.308. The normalized spacial score (nSPS) is 22.8. The first-order valence-electron chi connectivity index (χ1n) is 10.6. The van der Waals surface area contributed by atoms with Gasteiger partial charge in [-0.2, -0.15) is 13.2 Å². The van der Waals surface area contributed by atoms with Gasteiger partial charge in [-0.05, 0) is 62.4 Å². The third kappa shape index (κ3) is 4.54. The lowest BCUT2D eigenvalue weighted by Gasteiger charge is -2.24. The summed E-state index contributed by atoms with van der Waals surface area (Å²) in [5.41, 5.74) is 2.14. The van der Waals surface area contributed by atoms with Crippen molar-refractivity contribution < 1.29 is 27.9 Å². The summed E-state index contributed by atoms with van der Waals surface area (Å²) in [5, 5.41) is 7.12. The van der Waals surface area contributed by atoms with Crippen LogP contribution in [0.2, 0.25) is 0 Å². The van der Waals surface area contributed by atoms with Gasteiger partial charge in [-0.25, -0.2) is 4.79 Å². The van der Waals surface area contributed by atoms with Crippen LogP contribution in [0.3, 0.4) is 0 Å². The minimum atomic E-state index is -5.08. The van der Waals surface area contributed by atoms with Crippen LogP contribution in [0, 0.1) is 12.8 Å². The van der Waals surface area contributed by atoms with Gasteiger partial charge in [0.15, 0.2) is 0 Å². The van der Waals surface area contributed by atoms with Gasteiger partial charge in [0, 0.05) is 35.1 Å². The largest absolute Gasteiger partial charge is 0.490 e. The molecule has 1 N–H and O–H groups in total. The van der Waals surface area contributed by atoms with Crippen LogP contribution in [0.5, 0.6) is 0 Å². The lowest BCUT2D eigenvalue weighted by molar-refractivity contribution is -0.192. The van der Waals surface area contributed by atoms with Gasteiger partial charge < -0.3 is 10.0 Å². The predicted molar refractivity (Wildman–Crippen MR) is 116 cm³/mol. The number of anilines is 1. The lowest BCUT2D eigenvalue weighted by atomic mass is 9.81. The molecule has 9 heteroatoms. The molecule has 2 aromatic rings. The van der Waals surface area contributed by atoms with Crippen molar-refractivity contribution in [3.05, 3.63) is 51.7 Å². The van der Waals surface area contributed by atoms with E-state index in [-0.39, 0.29) is 5.41 Å². The number of likely N-dealkylation sites (tertiary alicyclic amines) is 1. The van der Waals surface area contributed by atoms with Crippen LogP contribution >= 0.6 is 11.3 Å². The van der Waals surface area contributed by atoms with Gasteiger partial charge in [0.05, 0.1) is 5.41 Å². The average Bonchev–Trinajstić information content (AvgIpc) is 3.24. The summed E-state index contributed by atoms with van der Waals surface area (Å²) in [5.74, 6) is -1.68. The van der Waals surface area contributed by atoms with Crippen molar-refractivity contribution in [1.29, 1.82) is 0 Å². The Kier molecular flexibility index (Phi) is 6.06. The second-order valence-corrected chi connectivity index (χ2v) is 10.1. The molecule has 1 saturated heterocycles. The molecule has 1 saturated carbocycles. The van der Waals surface area contributed by atoms with E-state index in [1.807, 2.05) is 11.3 Å². The van der Waals surface area contributed by atoms with E-state index in [4.69, 9.17) is 9.90 Å². The number of thiophene rings is 1. The Labute approximate surface area is 188 Å². The Balaban J connectivity index is 0.000000307. The number of carboxylic acid groups (broad SMARTS) is 1. The smallest absolute Gasteiger partial charge is 0.475 e. The SMILES string of the molecule is Cc1ccc(CN2CCC3(C2)C(=O)N(CC2CC2)c2ccccc23)s1.O=C(O)C(F)(F)F. The van der Waals surface area contributed by atoms with E-state index in [1.54, 1.807) is 0 Å². The summed E-state index contributed by atoms with van der Waals surface area (Å²) in [4.78, 5) is 29.7. The molecule has 1 spiro atoms. The number of carbonyl (C=O) groups is 2. The zero-order chi connectivity index (χ0) is 23.1. The molecular formula is C23H25F3N2O3S. The Morgan fingerprint density at radius 3 is 2.50 bits per heavy atom. The average molecular weight is 467 g/mol. The number of hydrogen-bond donors (Lipinski definition) is 1.